The number of fused-ring (bicyclic) bond motifs is 2. The van der Waals surface area contributed by atoms with Crippen molar-refractivity contribution in [2.75, 3.05) is 5.75 Å². The normalized spacial score (nSPS) is 15.9. The van der Waals surface area contributed by atoms with Crippen molar-refractivity contribution in [2.45, 2.75) is 18.2 Å². The molecule has 0 saturated heterocycles. The first-order valence-electron chi connectivity index (χ1n) is 7.11. The minimum atomic E-state index is -0.0669. The van der Waals surface area contributed by atoms with Gasteiger partial charge in [-0.1, -0.05) is 18.2 Å². The van der Waals surface area contributed by atoms with Crippen molar-refractivity contribution in [1.29, 1.82) is 0 Å². The highest BCUT2D eigenvalue weighted by molar-refractivity contribution is 7.98. The Kier molecular flexibility index (Phi) is 3.45. The van der Waals surface area contributed by atoms with Gasteiger partial charge in [0.15, 0.2) is 0 Å². The molecule has 1 unspecified atom stereocenters. The van der Waals surface area contributed by atoms with Gasteiger partial charge in [-0.15, -0.1) is 11.3 Å². The highest BCUT2D eigenvalue weighted by Crippen LogP contribution is 2.35. The summed E-state index contributed by atoms with van der Waals surface area (Å²) in [6.07, 6.45) is 3.10. The second-order valence-corrected chi connectivity index (χ2v) is 7.61. The molecule has 0 aliphatic carbocycles. The summed E-state index contributed by atoms with van der Waals surface area (Å²) in [7, 11) is 0. The fourth-order valence-electron chi connectivity index (χ4n) is 2.75. The van der Waals surface area contributed by atoms with Crippen molar-refractivity contribution in [3.8, 4) is 0 Å². The number of para-hydroxylation sites is 1. The topological polar surface area (TPSA) is 38.9 Å². The van der Waals surface area contributed by atoms with Crippen LogP contribution in [0.5, 0.6) is 0 Å². The van der Waals surface area contributed by atoms with Gasteiger partial charge in [-0.3, -0.25) is 4.98 Å². The summed E-state index contributed by atoms with van der Waals surface area (Å²) in [4.78, 5) is 7.31. The van der Waals surface area contributed by atoms with E-state index >= 15 is 0 Å². The number of hydrogen-bond acceptors (Lipinski definition) is 4. The van der Waals surface area contributed by atoms with Gasteiger partial charge in [-0.2, -0.15) is 11.8 Å². The van der Waals surface area contributed by atoms with Gasteiger partial charge in [0.25, 0.3) is 0 Å². The van der Waals surface area contributed by atoms with E-state index in [0.29, 0.717) is 0 Å². The number of aryl methyl sites for hydroxylation is 1. The van der Waals surface area contributed by atoms with Gasteiger partial charge in [0.2, 0.25) is 0 Å². The van der Waals surface area contributed by atoms with Crippen molar-refractivity contribution in [2.24, 2.45) is 5.73 Å². The minimum absolute atomic E-state index is 0.0669. The second-order valence-electron chi connectivity index (χ2n) is 5.34. The van der Waals surface area contributed by atoms with Crippen LogP contribution in [0.25, 0.3) is 10.9 Å². The van der Waals surface area contributed by atoms with Crippen LogP contribution in [0.2, 0.25) is 0 Å². The van der Waals surface area contributed by atoms with Crippen molar-refractivity contribution >= 4 is 34.0 Å². The summed E-state index contributed by atoms with van der Waals surface area (Å²) < 4.78 is 0. The number of benzene rings is 1. The summed E-state index contributed by atoms with van der Waals surface area (Å²) >= 11 is 3.89. The van der Waals surface area contributed by atoms with Crippen molar-refractivity contribution in [3.63, 3.8) is 0 Å². The van der Waals surface area contributed by atoms with E-state index < -0.39 is 0 Å². The Balaban J connectivity index is 1.71. The van der Waals surface area contributed by atoms with Crippen LogP contribution in [-0.2, 0) is 12.2 Å². The Morgan fingerprint density at radius 3 is 3.00 bits per heavy atom. The average molecular weight is 312 g/mol. The molecule has 21 heavy (non-hydrogen) atoms. The summed E-state index contributed by atoms with van der Waals surface area (Å²) in [5, 5.41) is 1.15. The van der Waals surface area contributed by atoms with Gasteiger partial charge in [0, 0.05) is 27.1 Å². The zero-order valence-corrected chi connectivity index (χ0v) is 13.2. The lowest BCUT2D eigenvalue weighted by Gasteiger charge is -2.10. The maximum Gasteiger partial charge on any atom is 0.0702 e. The minimum Gasteiger partial charge on any atom is -0.320 e. The lowest BCUT2D eigenvalue weighted by molar-refractivity contribution is 0.887. The quantitative estimate of drug-likeness (QED) is 0.773. The zero-order valence-electron chi connectivity index (χ0n) is 11.6. The van der Waals surface area contributed by atoms with Gasteiger partial charge >= 0.3 is 0 Å². The molecular formula is C17H16N2S2. The predicted molar refractivity (Wildman–Crippen MR) is 92.0 cm³/mol. The summed E-state index contributed by atoms with van der Waals surface area (Å²) in [6.45, 7) is 0. The van der Waals surface area contributed by atoms with Crippen LogP contribution in [0.4, 0.5) is 0 Å². The van der Waals surface area contributed by atoms with Crippen LogP contribution in [0.15, 0.2) is 42.6 Å². The molecule has 4 heteroatoms. The zero-order chi connectivity index (χ0) is 14.2. The van der Waals surface area contributed by atoms with E-state index in [1.165, 1.54) is 27.5 Å². The molecule has 1 aliphatic rings. The molecule has 0 saturated carbocycles. The number of thiophene rings is 1. The number of rotatable bonds is 2. The van der Waals surface area contributed by atoms with E-state index in [-0.39, 0.29) is 6.04 Å². The Morgan fingerprint density at radius 2 is 2.10 bits per heavy atom. The molecule has 0 radical (unpaired) electrons. The first-order chi connectivity index (χ1) is 10.3. The fraction of sp³-hybridized carbons (Fsp3) is 0.235. The average Bonchev–Trinajstić information content (AvgIpc) is 2.97. The fourth-order valence-corrected chi connectivity index (χ4v) is 5.15. The maximum atomic E-state index is 6.48. The van der Waals surface area contributed by atoms with E-state index in [2.05, 4.69) is 23.2 Å². The lowest BCUT2D eigenvalue weighted by Crippen LogP contribution is -2.10. The van der Waals surface area contributed by atoms with Crippen LogP contribution in [-0.4, -0.2) is 10.7 Å². The number of nitrogens with two attached hydrogens (primary N) is 1. The molecule has 0 spiro atoms. The van der Waals surface area contributed by atoms with Gasteiger partial charge in [0.05, 0.1) is 11.6 Å². The molecule has 106 valence electrons. The lowest BCUT2D eigenvalue weighted by atomic mass is 10.1. The highest BCUT2D eigenvalue weighted by Gasteiger charge is 2.18. The van der Waals surface area contributed by atoms with Crippen LogP contribution in [0, 0.1) is 0 Å². The van der Waals surface area contributed by atoms with Crippen molar-refractivity contribution in [1.82, 2.24) is 4.98 Å². The second kappa shape index (κ2) is 5.44. The number of nitrogens with zero attached hydrogens (tertiary/aromatic N) is 1. The Hall–Kier alpha value is -1.36. The molecule has 0 bridgehead atoms. The number of aromatic nitrogens is 1. The molecule has 0 fully saturated rings. The maximum absolute atomic E-state index is 6.48. The highest BCUT2D eigenvalue weighted by atomic mass is 32.2. The number of pyridine rings is 1. The van der Waals surface area contributed by atoms with Crippen LogP contribution in [0.3, 0.4) is 0 Å². The predicted octanol–water partition coefficient (Wildman–Crippen LogP) is 4.13. The molecule has 1 atom stereocenters. The van der Waals surface area contributed by atoms with Gasteiger partial charge in [-0.05, 0) is 41.5 Å². The molecule has 3 heterocycles. The SMILES string of the molecule is NC(c1cnc2ccccc2c1)c1cc2c(s1)CCSC2. The van der Waals surface area contributed by atoms with Crippen molar-refractivity contribution in [3.05, 3.63) is 63.5 Å². The van der Waals surface area contributed by atoms with E-state index in [4.69, 9.17) is 5.73 Å². The van der Waals surface area contributed by atoms with E-state index in [1.54, 1.807) is 0 Å². The van der Waals surface area contributed by atoms with Crippen LogP contribution < -0.4 is 5.73 Å². The van der Waals surface area contributed by atoms with Crippen LogP contribution in [0.1, 0.15) is 26.9 Å². The van der Waals surface area contributed by atoms with E-state index in [1.807, 2.05) is 47.5 Å². The van der Waals surface area contributed by atoms with Crippen molar-refractivity contribution < 1.29 is 0 Å². The molecule has 2 nitrogen and oxygen atoms in total. The first kappa shape index (κ1) is 13.3. The molecule has 2 aromatic heterocycles. The Labute approximate surface area is 132 Å². The molecule has 2 N–H and O–H groups in total. The van der Waals surface area contributed by atoms with Gasteiger partial charge in [-0.25, -0.2) is 0 Å². The van der Waals surface area contributed by atoms with E-state index in [0.717, 1.165) is 22.2 Å². The van der Waals surface area contributed by atoms with E-state index in [9.17, 15) is 0 Å². The molecule has 3 aromatic rings. The Bertz CT molecular complexity index is 771. The van der Waals surface area contributed by atoms with Gasteiger partial charge < -0.3 is 5.73 Å². The third-order valence-corrected chi connectivity index (χ3v) is 6.25. The van der Waals surface area contributed by atoms with Gasteiger partial charge in [0.1, 0.15) is 0 Å². The molecule has 1 aliphatic heterocycles. The molecule has 1 aromatic carbocycles. The third kappa shape index (κ3) is 2.48. The number of hydrogen-bond donors (Lipinski definition) is 1. The number of thioether (sulfide) groups is 1. The monoisotopic (exact) mass is 312 g/mol. The molecular weight excluding hydrogens is 296 g/mol. The summed E-state index contributed by atoms with van der Waals surface area (Å²) in [6, 6.07) is 12.6. The Morgan fingerprint density at radius 1 is 1.19 bits per heavy atom. The van der Waals surface area contributed by atoms with Crippen LogP contribution >= 0.6 is 23.1 Å². The molecule has 4 rings (SSSR count). The summed E-state index contributed by atoms with van der Waals surface area (Å²) in [5.41, 5.74) is 10.1. The molecule has 0 amide bonds. The standard InChI is InChI=1S/C17H16N2S2/c18-17(16-8-13-10-20-6-5-15(13)21-16)12-7-11-3-1-2-4-14(11)19-9-12/h1-4,7-9,17H,5-6,10,18H2. The smallest absolute Gasteiger partial charge is 0.0702 e. The third-order valence-electron chi connectivity index (χ3n) is 3.92. The summed E-state index contributed by atoms with van der Waals surface area (Å²) in [5.74, 6) is 2.37. The first-order valence-corrected chi connectivity index (χ1v) is 9.08. The largest absolute Gasteiger partial charge is 0.320 e.